The molecular weight excluding hydrogens is 224 g/mol. The molecule has 1 heterocycles. The molecule has 0 amide bonds. The number of nitrogens with zero attached hydrogens (tertiary/aromatic N) is 2. The van der Waals surface area contributed by atoms with Gasteiger partial charge in [0.2, 0.25) is 0 Å². The molecule has 2 rings (SSSR count). The molecule has 0 spiro atoms. The Kier molecular flexibility index (Phi) is 3.36. The normalized spacial score (nSPS) is 12.9. The van der Waals surface area contributed by atoms with Crippen molar-refractivity contribution in [3.05, 3.63) is 35.1 Å². The lowest BCUT2D eigenvalue weighted by Crippen LogP contribution is -2.03. The fourth-order valence-corrected chi connectivity index (χ4v) is 1.87. The summed E-state index contributed by atoms with van der Waals surface area (Å²) in [6.07, 6.45) is 0.897. The van der Waals surface area contributed by atoms with Crippen LogP contribution in [0.25, 0.3) is 11.0 Å². The van der Waals surface area contributed by atoms with E-state index in [1.165, 1.54) is 0 Å². The first-order chi connectivity index (χ1) is 7.72. The summed E-state index contributed by atoms with van der Waals surface area (Å²) in [7, 11) is 0. The fraction of sp³-hybridized carbons (Fsp3) is 0.333. The lowest BCUT2D eigenvalue weighted by atomic mass is 10.1. The largest absolute Gasteiger partial charge is 0.387 e. The van der Waals surface area contributed by atoms with Crippen molar-refractivity contribution in [3.63, 3.8) is 0 Å². The lowest BCUT2D eigenvalue weighted by molar-refractivity contribution is 0.162. The van der Waals surface area contributed by atoms with Gasteiger partial charge in [-0.15, -0.1) is 0 Å². The van der Waals surface area contributed by atoms with Gasteiger partial charge in [-0.3, -0.25) is 0 Å². The molecule has 0 aliphatic heterocycles. The summed E-state index contributed by atoms with van der Waals surface area (Å²) in [6, 6.07) is 7.49. The Balaban J connectivity index is 2.49. The van der Waals surface area contributed by atoms with Crippen LogP contribution in [-0.4, -0.2) is 15.1 Å². The molecule has 0 bridgehead atoms. The van der Waals surface area contributed by atoms with E-state index >= 15 is 0 Å². The Hall–Kier alpha value is -1.19. The molecule has 0 fully saturated rings. The first-order valence-corrected chi connectivity index (χ1v) is 5.70. The summed E-state index contributed by atoms with van der Waals surface area (Å²) in [5, 5.41) is 10.2. The molecule has 16 heavy (non-hydrogen) atoms. The van der Waals surface area contributed by atoms with E-state index in [1.807, 2.05) is 31.2 Å². The molecule has 2 aromatic rings. The zero-order valence-electron chi connectivity index (χ0n) is 9.02. The predicted octanol–water partition coefficient (Wildman–Crippen LogP) is 3.12. The SMILES string of the molecule is CCC[C@H](O)c1nc2ccccc2nc1Cl. The van der Waals surface area contributed by atoms with Crippen LogP contribution in [0.1, 0.15) is 31.6 Å². The highest BCUT2D eigenvalue weighted by molar-refractivity contribution is 6.30. The monoisotopic (exact) mass is 236 g/mol. The van der Waals surface area contributed by atoms with Crippen LogP contribution in [0.3, 0.4) is 0 Å². The van der Waals surface area contributed by atoms with E-state index in [-0.39, 0.29) is 0 Å². The van der Waals surface area contributed by atoms with Crippen molar-refractivity contribution in [1.82, 2.24) is 9.97 Å². The van der Waals surface area contributed by atoms with E-state index in [9.17, 15) is 5.11 Å². The van der Waals surface area contributed by atoms with E-state index in [0.29, 0.717) is 17.3 Å². The molecule has 4 heteroatoms. The Bertz CT molecular complexity index is 501. The third-order valence-electron chi connectivity index (χ3n) is 2.43. The number of halogens is 1. The summed E-state index contributed by atoms with van der Waals surface area (Å²) in [6.45, 7) is 2.01. The summed E-state index contributed by atoms with van der Waals surface area (Å²) in [5.41, 5.74) is 1.99. The molecule has 1 aromatic heterocycles. The lowest BCUT2D eigenvalue weighted by Gasteiger charge is -2.10. The molecular formula is C12H13ClN2O. The molecule has 0 aliphatic carbocycles. The van der Waals surface area contributed by atoms with Gasteiger partial charge < -0.3 is 5.11 Å². The van der Waals surface area contributed by atoms with E-state index < -0.39 is 6.10 Å². The number of rotatable bonds is 3. The zero-order chi connectivity index (χ0) is 11.5. The number of benzene rings is 1. The van der Waals surface area contributed by atoms with Gasteiger partial charge in [-0.1, -0.05) is 37.1 Å². The maximum atomic E-state index is 9.87. The molecule has 0 unspecified atom stereocenters. The van der Waals surface area contributed by atoms with Crippen molar-refractivity contribution < 1.29 is 5.11 Å². The van der Waals surface area contributed by atoms with E-state index in [0.717, 1.165) is 17.5 Å². The second-order valence-electron chi connectivity index (χ2n) is 3.69. The number of aliphatic hydroxyl groups is 1. The zero-order valence-corrected chi connectivity index (χ0v) is 9.78. The van der Waals surface area contributed by atoms with Gasteiger partial charge in [-0.05, 0) is 18.6 Å². The topological polar surface area (TPSA) is 46.0 Å². The number of hydrogen-bond donors (Lipinski definition) is 1. The van der Waals surface area contributed by atoms with Crippen LogP contribution in [-0.2, 0) is 0 Å². The highest BCUT2D eigenvalue weighted by Crippen LogP contribution is 2.24. The Morgan fingerprint density at radius 1 is 1.25 bits per heavy atom. The molecule has 0 saturated carbocycles. The highest BCUT2D eigenvalue weighted by atomic mass is 35.5. The van der Waals surface area contributed by atoms with Crippen LogP contribution < -0.4 is 0 Å². The van der Waals surface area contributed by atoms with Gasteiger partial charge in [-0.2, -0.15) is 0 Å². The Labute approximate surface area is 99.1 Å². The first kappa shape index (κ1) is 11.3. The smallest absolute Gasteiger partial charge is 0.153 e. The maximum Gasteiger partial charge on any atom is 0.153 e. The third-order valence-corrected chi connectivity index (χ3v) is 2.71. The molecule has 84 valence electrons. The number of aliphatic hydroxyl groups excluding tert-OH is 1. The van der Waals surface area contributed by atoms with Gasteiger partial charge in [0.25, 0.3) is 0 Å². The molecule has 1 atom stereocenters. The second-order valence-corrected chi connectivity index (χ2v) is 4.05. The molecule has 0 radical (unpaired) electrons. The molecule has 0 saturated heterocycles. The minimum atomic E-state index is -0.630. The van der Waals surface area contributed by atoms with Gasteiger partial charge in [0.1, 0.15) is 5.69 Å². The summed E-state index contributed by atoms with van der Waals surface area (Å²) in [4.78, 5) is 8.57. The van der Waals surface area contributed by atoms with Crippen LogP contribution in [0.4, 0.5) is 0 Å². The quantitative estimate of drug-likeness (QED) is 0.891. The van der Waals surface area contributed by atoms with Crippen molar-refractivity contribution in [2.45, 2.75) is 25.9 Å². The van der Waals surface area contributed by atoms with E-state index in [4.69, 9.17) is 11.6 Å². The fourth-order valence-electron chi connectivity index (χ4n) is 1.61. The van der Waals surface area contributed by atoms with E-state index in [1.54, 1.807) is 0 Å². The van der Waals surface area contributed by atoms with Crippen molar-refractivity contribution in [2.24, 2.45) is 0 Å². The van der Waals surface area contributed by atoms with Gasteiger partial charge >= 0.3 is 0 Å². The molecule has 3 nitrogen and oxygen atoms in total. The predicted molar refractivity (Wildman–Crippen MR) is 64.4 cm³/mol. The van der Waals surface area contributed by atoms with Crippen molar-refractivity contribution in [3.8, 4) is 0 Å². The number of para-hydroxylation sites is 2. The van der Waals surface area contributed by atoms with Crippen molar-refractivity contribution in [2.75, 3.05) is 0 Å². The summed E-state index contributed by atoms with van der Waals surface area (Å²) < 4.78 is 0. The average molecular weight is 237 g/mol. The van der Waals surface area contributed by atoms with Crippen LogP contribution in [0.15, 0.2) is 24.3 Å². The minimum Gasteiger partial charge on any atom is -0.387 e. The molecule has 0 aliphatic rings. The van der Waals surface area contributed by atoms with Crippen LogP contribution >= 0.6 is 11.6 Å². The maximum absolute atomic E-state index is 9.87. The van der Waals surface area contributed by atoms with Gasteiger partial charge in [0, 0.05) is 0 Å². The minimum absolute atomic E-state index is 0.291. The number of fused-ring (bicyclic) bond motifs is 1. The average Bonchev–Trinajstić information content (AvgIpc) is 2.28. The van der Waals surface area contributed by atoms with E-state index in [2.05, 4.69) is 9.97 Å². The summed E-state index contributed by atoms with van der Waals surface area (Å²) in [5.74, 6) is 0. The van der Waals surface area contributed by atoms with Gasteiger partial charge in [0.05, 0.1) is 17.1 Å². The molecule has 1 aromatic carbocycles. The second kappa shape index (κ2) is 4.76. The van der Waals surface area contributed by atoms with Crippen LogP contribution in [0, 0.1) is 0 Å². The van der Waals surface area contributed by atoms with Gasteiger partial charge in [-0.25, -0.2) is 9.97 Å². The standard InChI is InChI=1S/C12H13ClN2O/c1-2-5-10(16)11-12(13)15-9-7-4-3-6-8(9)14-11/h3-4,6-7,10,16H,2,5H2,1H3/t10-/m0/s1. The molecule has 1 N–H and O–H groups in total. The highest BCUT2D eigenvalue weighted by Gasteiger charge is 2.14. The Morgan fingerprint density at radius 2 is 1.88 bits per heavy atom. The van der Waals surface area contributed by atoms with Crippen molar-refractivity contribution >= 4 is 22.6 Å². The van der Waals surface area contributed by atoms with Crippen LogP contribution in [0.2, 0.25) is 5.15 Å². The number of aromatic nitrogens is 2. The van der Waals surface area contributed by atoms with Crippen LogP contribution in [0.5, 0.6) is 0 Å². The summed E-state index contributed by atoms with van der Waals surface area (Å²) >= 11 is 6.00. The first-order valence-electron chi connectivity index (χ1n) is 5.32. The Morgan fingerprint density at radius 3 is 2.50 bits per heavy atom. The van der Waals surface area contributed by atoms with Crippen molar-refractivity contribution in [1.29, 1.82) is 0 Å². The third kappa shape index (κ3) is 2.15. The van der Waals surface area contributed by atoms with Gasteiger partial charge in [0.15, 0.2) is 5.15 Å². The number of hydrogen-bond acceptors (Lipinski definition) is 3.